The molecule has 0 atom stereocenters. The van der Waals surface area contributed by atoms with E-state index >= 15 is 0 Å². The Bertz CT molecular complexity index is 1100. The molecule has 0 amide bonds. The number of hydrogen-bond acceptors (Lipinski definition) is 7. The van der Waals surface area contributed by atoms with Crippen LogP contribution in [-0.2, 0) is 14.8 Å². The molecule has 150 valence electrons. The maximum Gasteiger partial charge on any atom is 0.341 e. The molecule has 0 spiro atoms. The summed E-state index contributed by atoms with van der Waals surface area (Å²) >= 11 is 0. The molecule has 3 rings (SSSR count). The molecule has 0 saturated carbocycles. The Hall–Kier alpha value is -3.66. The lowest BCUT2D eigenvalue weighted by Gasteiger charge is -2.12. The van der Waals surface area contributed by atoms with E-state index < -0.39 is 22.6 Å². The number of rotatable bonds is 8. The molecule has 0 fully saturated rings. The molecule has 0 bridgehead atoms. The number of aryl methyl sites for hydroxylation is 1. The van der Waals surface area contributed by atoms with Crippen molar-refractivity contribution in [1.82, 2.24) is 9.97 Å². The second kappa shape index (κ2) is 8.57. The number of ether oxygens (including phenoxy) is 2. The molecule has 0 aliphatic heterocycles. The first kappa shape index (κ1) is 20.1. The van der Waals surface area contributed by atoms with E-state index in [9.17, 15) is 13.2 Å². The fraction of sp³-hybridized carbons (Fsp3) is 0.105. The number of hydrogen-bond donors (Lipinski definition) is 2. The molecule has 9 nitrogen and oxygen atoms in total. The van der Waals surface area contributed by atoms with Gasteiger partial charge in [0.05, 0.1) is 16.8 Å². The summed E-state index contributed by atoms with van der Waals surface area (Å²) in [7, 11) is -3.84. The number of sulfonamides is 1. The zero-order valence-electron chi connectivity index (χ0n) is 15.3. The Balaban J connectivity index is 1.72. The van der Waals surface area contributed by atoms with Crippen LogP contribution in [0.5, 0.6) is 17.4 Å². The van der Waals surface area contributed by atoms with Crippen molar-refractivity contribution >= 4 is 21.7 Å². The van der Waals surface area contributed by atoms with Crippen LogP contribution < -0.4 is 14.2 Å². The number of benzene rings is 2. The van der Waals surface area contributed by atoms with Crippen molar-refractivity contribution in [3.8, 4) is 17.4 Å². The molecule has 3 aromatic rings. The highest BCUT2D eigenvalue weighted by Gasteiger charge is 2.16. The summed E-state index contributed by atoms with van der Waals surface area (Å²) in [6, 6.07) is 10.3. The quantitative estimate of drug-likeness (QED) is 0.575. The van der Waals surface area contributed by atoms with Crippen molar-refractivity contribution in [3.05, 3.63) is 66.6 Å². The molecule has 0 saturated heterocycles. The summed E-state index contributed by atoms with van der Waals surface area (Å²) in [5, 5.41) is 8.60. The lowest BCUT2D eigenvalue weighted by molar-refractivity contribution is -0.139. The van der Waals surface area contributed by atoms with Crippen LogP contribution in [-0.4, -0.2) is 36.1 Å². The average Bonchev–Trinajstić information content (AvgIpc) is 2.69. The van der Waals surface area contributed by atoms with Gasteiger partial charge in [0.15, 0.2) is 6.61 Å². The summed E-state index contributed by atoms with van der Waals surface area (Å²) in [6.07, 6.45) is 4.50. The second-order valence-corrected chi connectivity index (χ2v) is 7.56. The Morgan fingerprint density at radius 2 is 1.83 bits per heavy atom. The fourth-order valence-corrected chi connectivity index (χ4v) is 3.47. The van der Waals surface area contributed by atoms with Crippen molar-refractivity contribution in [2.24, 2.45) is 0 Å². The first-order valence-corrected chi connectivity index (χ1v) is 9.84. The minimum Gasteiger partial charge on any atom is -0.482 e. The highest BCUT2D eigenvalue weighted by molar-refractivity contribution is 7.92. The predicted molar refractivity (Wildman–Crippen MR) is 104 cm³/mol. The standard InChI is InChI=1S/C19H17N3O6S/c1-13-10-15(28-18-11-20-8-9-21-18)4-7-17(13)22-29(25,26)16-5-2-14(3-6-16)27-12-19(23)24/h2-11,22H,12H2,1H3,(H,23,24). The zero-order valence-corrected chi connectivity index (χ0v) is 16.1. The Morgan fingerprint density at radius 3 is 2.45 bits per heavy atom. The number of aliphatic carboxylic acids is 1. The van der Waals surface area contributed by atoms with Gasteiger partial charge in [-0.2, -0.15) is 0 Å². The fourth-order valence-electron chi connectivity index (χ4n) is 2.34. The molecule has 1 aromatic heterocycles. The van der Waals surface area contributed by atoms with Gasteiger partial charge in [0.25, 0.3) is 10.0 Å². The maximum absolute atomic E-state index is 12.6. The Kier molecular flexibility index (Phi) is 5.93. The largest absolute Gasteiger partial charge is 0.482 e. The first-order valence-electron chi connectivity index (χ1n) is 8.35. The molecule has 10 heteroatoms. The van der Waals surface area contributed by atoms with E-state index in [2.05, 4.69) is 14.7 Å². The van der Waals surface area contributed by atoms with Gasteiger partial charge in [0.1, 0.15) is 11.5 Å². The van der Waals surface area contributed by atoms with Crippen LogP contribution >= 0.6 is 0 Å². The molecule has 0 radical (unpaired) electrons. The molecule has 0 unspecified atom stereocenters. The van der Waals surface area contributed by atoms with E-state index in [-0.39, 0.29) is 10.6 Å². The van der Waals surface area contributed by atoms with E-state index in [0.717, 1.165) is 0 Å². The molecule has 2 N–H and O–H groups in total. The second-order valence-electron chi connectivity index (χ2n) is 5.88. The summed E-state index contributed by atoms with van der Waals surface area (Å²) < 4.78 is 38.3. The monoisotopic (exact) mass is 415 g/mol. The number of aromatic nitrogens is 2. The van der Waals surface area contributed by atoms with Gasteiger partial charge in [-0.1, -0.05) is 0 Å². The molecular formula is C19H17N3O6S. The van der Waals surface area contributed by atoms with E-state index in [4.69, 9.17) is 14.6 Å². The molecular weight excluding hydrogens is 398 g/mol. The first-order chi connectivity index (χ1) is 13.8. The predicted octanol–water partition coefficient (Wildman–Crippen LogP) is 2.84. The maximum atomic E-state index is 12.6. The third kappa shape index (κ3) is 5.42. The summed E-state index contributed by atoms with van der Waals surface area (Å²) in [5.74, 6) is -0.0464. The molecule has 29 heavy (non-hydrogen) atoms. The van der Waals surface area contributed by atoms with E-state index in [1.807, 2.05) is 0 Å². The third-order valence-corrected chi connectivity index (χ3v) is 5.08. The number of nitrogens with one attached hydrogen (secondary N) is 1. The van der Waals surface area contributed by atoms with Gasteiger partial charge in [0.2, 0.25) is 5.88 Å². The third-order valence-electron chi connectivity index (χ3n) is 3.70. The van der Waals surface area contributed by atoms with Gasteiger partial charge in [0, 0.05) is 12.4 Å². The van der Waals surface area contributed by atoms with E-state index in [1.54, 1.807) is 25.1 Å². The van der Waals surface area contributed by atoms with Gasteiger partial charge >= 0.3 is 5.97 Å². The van der Waals surface area contributed by atoms with Crippen molar-refractivity contribution in [1.29, 1.82) is 0 Å². The molecule has 0 aliphatic carbocycles. The number of carbonyl (C=O) groups is 1. The average molecular weight is 415 g/mol. The Morgan fingerprint density at radius 1 is 1.10 bits per heavy atom. The van der Waals surface area contributed by atoms with Crippen LogP contribution in [0.1, 0.15) is 5.56 Å². The number of nitrogens with zero attached hydrogens (tertiary/aromatic N) is 2. The van der Waals surface area contributed by atoms with Gasteiger partial charge in [-0.3, -0.25) is 9.71 Å². The highest BCUT2D eigenvalue weighted by Crippen LogP contribution is 2.27. The topological polar surface area (TPSA) is 128 Å². The summed E-state index contributed by atoms with van der Waals surface area (Å²) in [4.78, 5) is 18.5. The van der Waals surface area contributed by atoms with Crippen molar-refractivity contribution in [2.45, 2.75) is 11.8 Å². The number of anilines is 1. The van der Waals surface area contributed by atoms with Crippen LogP contribution in [0, 0.1) is 6.92 Å². The highest BCUT2D eigenvalue weighted by atomic mass is 32.2. The van der Waals surface area contributed by atoms with Crippen LogP contribution in [0.15, 0.2) is 66.0 Å². The van der Waals surface area contributed by atoms with Gasteiger partial charge in [-0.15, -0.1) is 0 Å². The lowest BCUT2D eigenvalue weighted by Crippen LogP contribution is -2.14. The zero-order chi connectivity index (χ0) is 20.9. The molecule has 0 aliphatic rings. The van der Waals surface area contributed by atoms with Crippen LogP contribution in [0.25, 0.3) is 0 Å². The van der Waals surface area contributed by atoms with Crippen LogP contribution in [0.3, 0.4) is 0 Å². The minimum absolute atomic E-state index is 0.0134. The van der Waals surface area contributed by atoms with Crippen molar-refractivity contribution < 1.29 is 27.8 Å². The summed E-state index contributed by atoms with van der Waals surface area (Å²) in [6.45, 7) is 1.23. The lowest BCUT2D eigenvalue weighted by atomic mass is 10.2. The normalized spacial score (nSPS) is 10.9. The smallest absolute Gasteiger partial charge is 0.341 e. The Labute approximate surface area is 167 Å². The molecule has 1 heterocycles. The number of carboxylic acids is 1. The van der Waals surface area contributed by atoms with E-state index in [1.165, 1.54) is 42.9 Å². The van der Waals surface area contributed by atoms with E-state index in [0.29, 0.717) is 22.9 Å². The van der Waals surface area contributed by atoms with Crippen molar-refractivity contribution in [3.63, 3.8) is 0 Å². The SMILES string of the molecule is Cc1cc(Oc2cnccn2)ccc1NS(=O)(=O)c1ccc(OCC(=O)O)cc1. The molecule has 2 aromatic carbocycles. The number of carboxylic acid groups (broad SMARTS) is 1. The van der Waals surface area contributed by atoms with Crippen LogP contribution in [0.4, 0.5) is 5.69 Å². The summed E-state index contributed by atoms with van der Waals surface area (Å²) in [5.41, 5.74) is 1.04. The van der Waals surface area contributed by atoms with Gasteiger partial charge in [-0.05, 0) is 55.0 Å². The van der Waals surface area contributed by atoms with Gasteiger partial charge < -0.3 is 14.6 Å². The minimum atomic E-state index is -3.84. The van der Waals surface area contributed by atoms with Crippen molar-refractivity contribution in [2.75, 3.05) is 11.3 Å². The van der Waals surface area contributed by atoms with Crippen LogP contribution in [0.2, 0.25) is 0 Å². The van der Waals surface area contributed by atoms with Gasteiger partial charge in [-0.25, -0.2) is 18.2 Å².